The first kappa shape index (κ1) is 9.84. The van der Waals surface area contributed by atoms with Crippen LogP contribution in [0.3, 0.4) is 0 Å². The molecule has 0 spiro atoms. The maximum Gasteiger partial charge on any atom is 0.329 e. The lowest BCUT2D eigenvalue weighted by Crippen LogP contribution is -2.38. The number of hydroxylamine groups is 2. The highest BCUT2D eigenvalue weighted by molar-refractivity contribution is 5.83. The first-order valence-electron chi connectivity index (χ1n) is 5.47. The number of nitrogens with zero attached hydrogens (tertiary/aromatic N) is 1. The Balaban J connectivity index is 1.88. The number of amides is 1. The molecule has 5 nitrogen and oxygen atoms in total. The number of carbonyl (C=O) groups excluding carboxylic acids is 2. The molecule has 1 N–H and O–H groups in total. The molecular weight excluding hydrogens is 210 g/mol. The number of hydrogen-bond acceptors (Lipinski definition) is 4. The molecule has 2 aliphatic carbocycles. The Labute approximate surface area is 92.6 Å². The Morgan fingerprint density at radius 3 is 2.81 bits per heavy atom. The zero-order valence-corrected chi connectivity index (χ0v) is 8.87. The molecule has 5 atom stereocenters. The summed E-state index contributed by atoms with van der Waals surface area (Å²) in [5.41, 5.74) is 0. The average Bonchev–Trinajstić information content (AvgIpc) is 2.87. The molecule has 3 rings (SSSR count). The lowest BCUT2D eigenvalue weighted by Gasteiger charge is -2.22. The van der Waals surface area contributed by atoms with Gasteiger partial charge in [-0.2, -0.15) is 0 Å². The van der Waals surface area contributed by atoms with E-state index in [1.807, 2.05) is 6.08 Å². The summed E-state index contributed by atoms with van der Waals surface area (Å²) in [6.45, 7) is 1.22. The summed E-state index contributed by atoms with van der Waals surface area (Å²) in [6.07, 6.45) is 4.04. The maximum absolute atomic E-state index is 12.0. The van der Waals surface area contributed by atoms with Crippen LogP contribution in [-0.4, -0.2) is 28.3 Å². The van der Waals surface area contributed by atoms with E-state index in [1.54, 1.807) is 0 Å². The molecule has 1 amide bonds. The highest BCUT2D eigenvalue weighted by atomic mass is 16.7. The minimum absolute atomic E-state index is 0.109. The molecule has 0 radical (unpaired) electrons. The van der Waals surface area contributed by atoms with Gasteiger partial charge in [0.05, 0.1) is 5.92 Å². The zero-order valence-electron chi connectivity index (χ0n) is 8.87. The van der Waals surface area contributed by atoms with E-state index in [9.17, 15) is 14.7 Å². The van der Waals surface area contributed by atoms with E-state index in [0.29, 0.717) is 0 Å². The van der Waals surface area contributed by atoms with Gasteiger partial charge in [0.25, 0.3) is 5.91 Å². The van der Waals surface area contributed by atoms with Crippen molar-refractivity contribution in [2.75, 3.05) is 0 Å². The van der Waals surface area contributed by atoms with Crippen LogP contribution in [0.15, 0.2) is 12.2 Å². The van der Waals surface area contributed by atoms with Gasteiger partial charge in [-0.25, -0.2) is 0 Å². The van der Waals surface area contributed by atoms with E-state index in [0.717, 1.165) is 11.5 Å². The number of aliphatic hydroxyl groups is 1. The highest BCUT2D eigenvalue weighted by Crippen LogP contribution is 2.53. The van der Waals surface area contributed by atoms with Gasteiger partial charge < -0.3 is 9.94 Å². The number of allylic oxidation sites excluding steroid dienone is 2. The van der Waals surface area contributed by atoms with Gasteiger partial charge in [0.1, 0.15) is 0 Å². The fraction of sp³-hybridized carbons (Fsp3) is 0.636. The molecule has 1 saturated carbocycles. The highest BCUT2D eigenvalue weighted by Gasteiger charge is 2.60. The molecule has 1 heterocycles. The Morgan fingerprint density at radius 2 is 2.19 bits per heavy atom. The third-order valence-electron chi connectivity index (χ3n) is 3.83. The number of aliphatic hydroxyl groups excluding tert-OH is 1. The quantitative estimate of drug-likeness (QED) is 0.638. The van der Waals surface area contributed by atoms with Crippen LogP contribution in [0.2, 0.25) is 0 Å². The lowest BCUT2D eigenvalue weighted by atomic mass is 9.85. The second kappa shape index (κ2) is 3.07. The fourth-order valence-electron chi connectivity index (χ4n) is 3.29. The van der Waals surface area contributed by atoms with Crippen molar-refractivity contribution in [2.45, 2.75) is 19.6 Å². The summed E-state index contributed by atoms with van der Waals surface area (Å²) >= 11 is 0. The average molecular weight is 223 g/mol. The molecule has 5 heteroatoms. The molecule has 16 heavy (non-hydrogen) atoms. The van der Waals surface area contributed by atoms with Crippen LogP contribution in [-0.2, 0) is 14.4 Å². The Morgan fingerprint density at radius 1 is 1.50 bits per heavy atom. The predicted molar refractivity (Wildman–Crippen MR) is 52.3 cm³/mol. The van der Waals surface area contributed by atoms with Crippen molar-refractivity contribution in [1.29, 1.82) is 0 Å². The van der Waals surface area contributed by atoms with Crippen LogP contribution < -0.4 is 0 Å². The van der Waals surface area contributed by atoms with E-state index in [1.165, 1.54) is 6.92 Å². The van der Waals surface area contributed by atoms with Crippen molar-refractivity contribution in [3.8, 4) is 0 Å². The van der Waals surface area contributed by atoms with Gasteiger partial charge in [-0.05, 0) is 18.3 Å². The molecule has 3 aliphatic rings. The van der Waals surface area contributed by atoms with Crippen molar-refractivity contribution >= 4 is 11.9 Å². The molecule has 0 aromatic carbocycles. The summed E-state index contributed by atoms with van der Waals surface area (Å²) in [7, 11) is 0. The number of rotatable bonds is 1. The van der Waals surface area contributed by atoms with Crippen LogP contribution in [0, 0.1) is 23.7 Å². The summed E-state index contributed by atoms with van der Waals surface area (Å²) in [4.78, 5) is 27.6. The number of hydrogen-bond donors (Lipinski definition) is 1. The Kier molecular flexibility index (Phi) is 1.89. The molecule has 0 aromatic heterocycles. The van der Waals surface area contributed by atoms with Gasteiger partial charge in [0.2, 0.25) is 0 Å². The molecule has 1 aliphatic heterocycles. The topological polar surface area (TPSA) is 66.8 Å². The van der Waals surface area contributed by atoms with E-state index in [2.05, 4.69) is 6.08 Å². The molecule has 2 fully saturated rings. The van der Waals surface area contributed by atoms with E-state index >= 15 is 0 Å². The van der Waals surface area contributed by atoms with E-state index < -0.39 is 12.2 Å². The molecule has 1 saturated heterocycles. The summed E-state index contributed by atoms with van der Waals surface area (Å²) in [5.74, 6) is -0.698. The van der Waals surface area contributed by atoms with Crippen molar-refractivity contribution in [3.05, 3.63) is 12.2 Å². The van der Waals surface area contributed by atoms with E-state index in [-0.39, 0.29) is 29.6 Å². The van der Waals surface area contributed by atoms with Crippen LogP contribution in [0.5, 0.6) is 0 Å². The molecule has 0 aromatic rings. The molecule has 2 bridgehead atoms. The first-order chi connectivity index (χ1) is 7.59. The van der Waals surface area contributed by atoms with Crippen molar-refractivity contribution in [1.82, 2.24) is 5.06 Å². The number of fused-ring (bicyclic) bond motifs is 5. The first-order valence-corrected chi connectivity index (χ1v) is 5.47. The van der Waals surface area contributed by atoms with E-state index in [4.69, 9.17) is 4.84 Å². The molecule has 5 unspecified atom stereocenters. The van der Waals surface area contributed by atoms with Gasteiger partial charge in [0, 0.05) is 12.8 Å². The van der Waals surface area contributed by atoms with Gasteiger partial charge >= 0.3 is 5.97 Å². The third-order valence-corrected chi connectivity index (χ3v) is 3.83. The standard InChI is InChI=1S/C11H13NO4/c1-5(13)16-12-10(14)8-6-2-3-7(4-6)9(8)11(12)15/h2-3,6-10,14H,4H2,1H3. The summed E-state index contributed by atoms with van der Waals surface area (Å²) < 4.78 is 0. The van der Waals surface area contributed by atoms with Crippen molar-refractivity contribution in [2.24, 2.45) is 23.7 Å². The normalized spacial score (nSPS) is 44.0. The largest absolute Gasteiger partial charge is 0.370 e. The van der Waals surface area contributed by atoms with Crippen molar-refractivity contribution < 1.29 is 19.5 Å². The second-order valence-electron chi connectivity index (χ2n) is 4.71. The van der Waals surface area contributed by atoms with Crippen molar-refractivity contribution in [3.63, 3.8) is 0 Å². The lowest BCUT2D eigenvalue weighted by molar-refractivity contribution is -0.224. The predicted octanol–water partition coefficient (Wildman–Crippen LogP) is 0.0634. The van der Waals surface area contributed by atoms with Gasteiger partial charge in [-0.3, -0.25) is 9.59 Å². The van der Waals surface area contributed by atoms with Crippen LogP contribution in [0.25, 0.3) is 0 Å². The minimum Gasteiger partial charge on any atom is -0.370 e. The monoisotopic (exact) mass is 223 g/mol. The Bertz CT molecular complexity index is 391. The SMILES string of the molecule is CC(=O)ON1C(=O)C2C3C=CC(C3)C2C1O. The van der Waals surface area contributed by atoms with Gasteiger partial charge in [-0.1, -0.05) is 12.2 Å². The summed E-state index contributed by atoms with van der Waals surface area (Å²) in [5, 5.41) is 10.8. The van der Waals surface area contributed by atoms with Crippen LogP contribution in [0.4, 0.5) is 0 Å². The smallest absolute Gasteiger partial charge is 0.329 e. The summed E-state index contributed by atoms with van der Waals surface area (Å²) in [6, 6.07) is 0. The number of carbonyl (C=O) groups is 2. The van der Waals surface area contributed by atoms with Gasteiger partial charge in [-0.15, -0.1) is 5.06 Å². The van der Waals surface area contributed by atoms with Crippen LogP contribution >= 0.6 is 0 Å². The molecule has 86 valence electrons. The maximum atomic E-state index is 12.0. The van der Waals surface area contributed by atoms with Crippen LogP contribution in [0.1, 0.15) is 13.3 Å². The second-order valence-corrected chi connectivity index (χ2v) is 4.71. The minimum atomic E-state index is -0.985. The zero-order chi connectivity index (χ0) is 11.4. The molecular formula is C11H13NO4. The fourth-order valence-corrected chi connectivity index (χ4v) is 3.29. The third kappa shape index (κ3) is 1.09. The Hall–Kier alpha value is -1.36. The van der Waals surface area contributed by atoms with Gasteiger partial charge in [0.15, 0.2) is 6.23 Å².